The number of carbonyl (C=O) groups is 1. The summed E-state index contributed by atoms with van der Waals surface area (Å²) in [5, 5.41) is 0. The minimum Gasteiger partial charge on any atom is -0.460 e. The molecule has 0 aliphatic heterocycles. The van der Waals surface area contributed by atoms with Crippen LogP contribution in [0.2, 0.25) is 0 Å². The number of carbonyl (C=O) groups excluding carboxylic acids is 1. The molecule has 0 saturated heterocycles. The van der Waals surface area contributed by atoms with E-state index < -0.39 is 5.60 Å². The Morgan fingerprint density at radius 1 is 1.08 bits per heavy atom. The van der Waals surface area contributed by atoms with Gasteiger partial charge in [-0.1, -0.05) is 74.0 Å². The van der Waals surface area contributed by atoms with Gasteiger partial charge in [0.1, 0.15) is 5.60 Å². The molecule has 0 heterocycles. The summed E-state index contributed by atoms with van der Waals surface area (Å²) in [5.74, 6) is 0.534. The van der Waals surface area contributed by atoms with Gasteiger partial charge in [0.25, 0.3) is 0 Å². The highest BCUT2D eigenvalue weighted by Gasteiger charge is 2.64. The molecule has 2 fully saturated rings. The molecule has 0 N–H and O–H groups in total. The number of ether oxygens (including phenoxy) is 2. The second-order valence-electron chi connectivity index (χ2n) is 12.7. The minimum absolute atomic E-state index is 0.0536. The Hall–Kier alpha value is -2.17. The molecular weight excluding hydrogens is 446 g/mol. The van der Waals surface area contributed by atoms with E-state index in [1.807, 2.05) is 27.9 Å². The monoisotopic (exact) mass is 491 g/mol. The number of rotatable bonds is 9. The van der Waals surface area contributed by atoms with Gasteiger partial charge in [-0.05, 0) is 69.4 Å². The summed E-state index contributed by atoms with van der Waals surface area (Å²) in [7, 11) is 1.88. The largest absolute Gasteiger partial charge is 0.460 e. The van der Waals surface area contributed by atoms with Crippen LogP contribution in [0.4, 0.5) is 0 Å². The molecule has 2 aliphatic rings. The lowest BCUT2D eigenvalue weighted by atomic mass is 9.67. The number of fused-ring (bicyclic) bond motifs is 2. The lowest BCUT2D eigenvalue weighted by Gasteiger charge is -2.47. The smallest absolute Gasteiger partial charge is 0.308 e. The molecule has 36 heavy (non-hydrogen) atoms. The summed E-state index contributed by atoms with van der Waals surface area (Å²) < 4.78 is 12.0. The fraction of sp³-hybridized carbons (Fsp3) is 0.594. The van der Waals surface area contributed by atoms with Crippen molar-refractivity contribution in [3.05, 3.63) is 71.3 Å². The topological polar surface area (TPSA) is 38.8 Å². The van der Waals surface area contributed by atoms with Crippen LogP contribution in [0, 0.1) is 23.7 Å². The molecule has 196 valence electrons. The fourth-order valence-corrected chi connectivity index (χ4v) is 6.94. The Balaban J connectivity index is 1.75. The predicted molar refractivity (Wildman–Crippen MR) is 146 cm³/mol. The Bertz CT molecular complexity index is 1020. The normalized spacial score (nSPS) is 25.8. The molecule has 0 radical (unpaired) electrons. The van der Waals surface area contributed by atoms with Crippen LogP contribution in [-0.4, -0.2) is 36.2 Å². The van der Waals surface area contributed by atoms with Gasteiger partial charge in [0, 0.05) is 31.7 Å². The number of benzene rings is 2. The number of aryl methyl sites for hydroxylation is 1. The van der Waals surface area contributed by atoms with E-state index in [9.17, 15) is 4.79 Å². The molecule has 0 unspecified atom stereocenters. The number of methoxy groups -OCH3 is 1. The van der Waals surface area contributed by atoms with Crippen LogP contribution in [-0.2, 0) is 20.8 Å². The highest BCUT2D eigenvalue weighted by Crippen LogP contribution is 2.67. The molecule has 2 aromatic carbocycles. The summed E-state index contributed by atoms with van der Waals surface area (Å²) in [6, 6.07) is 19.2. The molecule has 4 nitrogen and oxygen atoms in total. The van der Waals surface area contributed by atoms with E-state index in [4.69, 9.17) is 9.47 Å². The zero-order valence-electron chi connectivity index (χ0n) is 23.3. The number of esters is 1. The first-order valence-corrected chi connectivity index (χ1v) is 13.5. The predicted octanol–water partition coefficient (Wildman–Crippen LogP) is 7.11. The van der Waals surface area contributed by atoms with Crippen LogP contribution in [0.1, 0.15) is 83.0 Å². The van der Waals surface area contributed by atoms with Crippen molar-refractivity contribution < 1.29 is 14.3 Å². The first kappa shape index (κ1) is 26.9. The van der Waals surface area contributed by atoms with Gasteiger partial charge in [0.15, 0.2) is 0 Å². The molecular formula is C32H45NO3. The lowest BCUT2D eigenvalue weighted by molar-refractivity contribution is -0.157. The highest BCUT2D eigenvalue weighted by atomic mass is 16.6. The van der Waals surface area contributed by atoms with Gasteiger partial charge >= 0.3 is 5.97 Å². The van der Waals surface area contributed by atoms with Crippen LogP contribution in [0.3, 0.4) is 0 Å². The second-order valence-corrected chi connectivity index (χ2v) is 12.7. The number of hydrogen-bond acceptors (Lipinski definition) is 4. The molecule has 2 aromatic rings. The third-order valence-corrected chi connectivity index (χ3v) is 9.04. The molecule has 0 amide bonds. The summed E-state index contributed by atoms with van der Waals surface area (Å²) in [4.78, 5) is 15.8. The average molecular weight is 492 g/mol. The fourth-order valence-electron chi connectivity index (χ4n) is 6.94. The van der Waals surface area contributed by atoms with Gasteiger partial charge in [-0.3, -0.25) is 9.69 Å². The van der Waals surface area contributed by atoms with Crippen molar-refractivity contribution in [3.8, 4) is 0 Å². The van der Waals surface area contributed by atoms with Crippen molar-refractivity contribution in [2.75, 3.05) is 13.7 Å². The van der Waals surface area contributed by atoms with Crippen molar-refractivity contribution in [1.82, 2.24) is 4.90 Å². The zero-order valence-corrected chi connectivity index (χ0v) is 23.3. The zero-order chi connectivity index (χ0) is 26.1. The van der Waals surface area contributed by atoms with E-state index in [0.29, 0.717) is 12.3 Å². The molecule has 4 rings (SSSR count). The van der Waals surface area contributed by atoms with Crippen molar-refractivity contribution in [2.24, 2.45) is 16.7 Å². The van der Waals surface area contributed by atoms with E-state index in [2.05, 4.69) is 80.3 Å². The maximum Gasteiger partial charge on any atom is 0.308 e. The average Bonchev–Trinajstić information content (AvgIpc) is 3.18. The maximum atomic E-state index is 13.2. The van der Waals surface area contributed by atoms with E-state index in [1.54, 1.807) is 0 Å². The highest BCUT2D eigenvalue weighted by molar-refractivity contribution is 5.71. The van der Waals surface area contributed by atoms with Gasteiger partial charge in [0.2, 0.25) is 0 Å². The summed E-state index contributed by atoms with van der Waals surface area (Å²) in [6.07, 6.45) is 4.12. The first-order valence-electron chi connectivity index (χ1n) is 13.5. The number of nitrogens with zero attached hydrogens (tertiary/aromatic N) is 1. The standard InChI is InChI=1S/C32H45NO3/c1-23-13-15-25(16-14-23)27(20-29(34)36-30(2,3)4)33(21-24-11-9-8-10-12-24)22-32-18-17-26(31(32,5)6)19-28(32)35-7/h8-16,26-28H,17-22H2,1-7H3/t26-,27-,28-,32-/m1/s1. The lowest BCUT2D eigenvalue weighted by Crippen LogP contribution is -2.49. The van der Waals surface area contributed by atoms with Gasteiger partial charge in [-0.15, -0.1) is 0 Å². The molecule has 4 atom stereocenters. The van der Waals surface area contributed by atoms with Crippen LogP contribution in [0.5, 0.6) is 0 Å². The van der Waals surface area contributed by atoms with Crippen LogP contribution < -0.4 is 0 Å². The molecule has 2 saturated carbocycles. The SMILES string of the molecule is CO[C@@H]1C[C@H]2CC[C@]1(CN(Cc1ccccc1)[C@H](CC(=O)OC(C)(C)C)c1ccc(C)cc1)C2(C)C. The minimum atomic E-state index is -0.509. The first-order chi connectivity index (χ1) is 16.9. The van der Waals surface area contributed by atoms with E-state index in [1.165, 1.54) is 24.0 Å². The molecule has 0 spiro atoms. The third kappa shape index (κ3) is 5.40. The van der Waals surface area contributed by atoms with Crippen LogP contribution in [0.15, 0.2) is 54.6 Å². The molecule has 4 heteroatoms. The van der Waals surface area contributed by atoms with Gasteiger partial charge in [-0.25, -0.2) is 0 Å². The van der Waals surface area contributed by atoms with Crippen LogP contribution >= 0.6 is 0 Å². The van der Waals surface area contributed by atoms with Gasteiger partial charge in [0.05, 0.1) is 12.5 Å². The van der Waals surface area contributed by atoms with Crippen molar-refractivity contribution >= 4 is 5.97 Å². The molecule has 0 aromatic heterocycles. The van der Waals surface area contributed by atoms with Crippen molar-refractivity contribution in [1.29, 1.82) is 0 Å². The molecule has 2 bridgehead atoms. The van der Waals surface area contributed by atoms with Crippen molar-refractivity contribution in [2.45, 2.75) is 91.5 Å². The van der Waals surface area contributed by atoms with E-state index in [0.717, 1.165) is 25.1 Å². The van der Waals surface area contributed by atoms with E-state index in [-0.39, 0.29) is 28.9 Å². The van der Waals surface area contributed by atoms with Gasteiger partial charge < -0.3 is 9.47 Å². The Morgan fingerprint density at radius 3 is 2.33 bits per heavy atom. The number of hydrogen-bond donors (Lipinski definition) is 0. The van der Waals surface area contributed by atoms with E-state index >= 15 is 0 Å². The second kappa shape index (κ2) is 10.3. The summed E-state index contributed by atoms with van der Waals surface area (Å²) >= 11 is 0. The van der Waals surface area contributed by atoms with Crippen LogP contribution in [0.25, 0.3) is 0 Å². The van der Waals surface area contributed by atoms with Crippen molar-refractivity contribution in [3.63, 3.8) is 0 Å². The quantitative estimate of drug-likeness (QED) is 0.350. The summed E-state index contributed by atoms with van der Waals surface area (Å²) in [5.41, 5.74) is 3.38. The Labute approximate surface area is 218 Å². The summed E-state index contributed by atoms with van der Waals surface area (Å²) in [6.45, 7) is 14.5. The molecule has 2 aliphatic carbocycles. The Kier molecular flexibility index (Phi) is 7.69. The third-order valence-electron chi connectivity index (χ3n) is 9.04. The maximum absolute atomic E-state index is 13.2. The van der Waals surface area contributed by atoms with Gasteiger partial charge in [-0.2, -0.15) is 0 Å². The Morgan fingerprint density at radius 2 is 1.75 bits per heavy atom.